The molecule has 2 rings (SSSR count). The van der Waals surface area contributed by atoms with Crippen molar-refractivity contribution in [3.05, 3.63) is 68.7 Å². The van der Waals surface area contributed by atoms with Gasteiger partial charge in [0.15, 0.2) is 6.10 Å². The van der Waals surface area contributed by atoms with Gasteiger partial charge in [-0.15, -0.1) is 0 Å². The van der Waals surface area contributed by atoms with Gasteiger partial charge in [0.05, 0.1) is 4.92 Å². The summed E-state index contributed by atoms with van der Waals surface area (Å²) in [5.74, 6) is -1.52. The molecule has 130 valence electrons. The fourth-order valence-corrected chi connectivity index (χ4v) is 2.23. The van der Waals surface area contributed by atoms with Crippen molar-refractivity contribution in [1.29, 1.82) is 0 Å². The number of hydrogen-bond acceptors (Lipinski definition) is 5. The lowest BCUT2D eigenvalue weighted by molar-refractivity contribution is -0.385. The zero-order chi connectivity index (χ0) is 18.6. The molecular formula is C17H15ClN2O5. The summed E-state index contributed by atoms with van der Waals surface area (Å²) in [6, 6.07) is 10.4. The van der Waals surface area contributed by atoms with Crippen LogP contribution in [0.25, 0.3) is 0 Å². The van der Waals surface area contributed by atoms with Gasteiger partial charge in [-0.2, -0.15) is 0 Å². The van der Waals surface area contributed by atoms with E-state index in [2.05, 4.69) is 5.32 Å². The third-order valence-corrected chi connectivity index (χ3v) is 3.91. The molecule has 8 heteroatoms. The lowest BCUT2D eigenvalue weighted by Crippen LogP contribution is -2.30. The minimum Gasteiger partial charge on any atom is -0.449 e. The van der Waals surface area contributed by atoms with Gasteiger partial charge in [-0.05, 0) is 37.6 Å². The Balaban J connectivity index is 2.10. The predicted molar refractivity (Wildman–Crippen MR) is 92.8 cm³/mol. The fourth-order valence-electron chi connectivity index (χ4n) is 2.06. The van der Waals surface area contributed by atoms with E-state index in [1.165, 1.54) is 31.2 Å². The molecule has 7 nitrogen and oxygen atoms in total. The van der Waals surface area contributed by atoms with Gasteiger partial charge in [-0.1, -0.05) is 29.8 Å². The number of hydrogen-bond donors (Lipinski definition) is 1. The highest BCUT2D eigenvalue weighted by atomic mass is 35.5. The van der Waals surface area contributed by atoms with Crippen LogP contribution in [-0.4, -0.2) is 22.9 Å². The molecule has 0 heterocycles. The number of esters is 1. The van der Waals surface area contributed by atoms with Crippen LogP contribution in [-0.2, 0) is 9.53 Å². The van der Waals surface area contributed by atoms with Gasteiger partial charge in [0, 0.05) is 16.8 Å². The minimum atomic E-state index is -1.15. The third-order valence-electron chi connectivity index (χ3n) is 3.50. The molecule has 1 N–H and O–H groups in total. The second-order valence-electron chi connectivity index (χ2n) is 5.22. The summed E-state index contributed by atoms with van der Waals surface area (Å²) >= 11 is 5.99. The summed E-state index contributed by atoms with van der Waals surface area (Å²) in [6.07, 6.45) is -1.15. The van der Waals surface area contributed by atoms with Crippen LogP contribution >= 0.6 is 11.6 Å². The van der Waals surface area contributed by atoms with Crippen molar-refractivity contribution < 1.29 is 19.2 Å². The molecule has 1 amide bonds. The minimum absolute atomic E-state index is 0.217. The molecule has 0 aliphatic heterocycles. The number of nitro benzene ring substituents is 1. The number of para-hydroxylation sites is 1. The Morgan fingerprint density at radius 2 is 1.88 bits per heavy atom. The number of nitrogens with one attached hydrogen (secondary N) is 1. The summed E-state index contributed by atoms with van der Waals surface area (Å²) in [6.45, 7) is 3.11. The molecule has 0 saturated heterocycles. The fraction of sp³-hybridized carbons (Fsp3) is 0.176. The van der Waals surface area contributed by atoms with Crippen LogP contribution in [0.2, 0.25) is 5.02 Å². The number of halogens is 1. The monoisotopic (exact) mass is 362 g/mol. The molecule has 0 radical (unpaired) electrons. The second-order valence-corrected chi connectivity index (χ2v) is 5.63. The van der Waals surface area contributed by atoms with E-state index >= 15 is 0 Å². The quantitative estimate of drug-likeness (QED) is 0.496. The third kappa shape index (κ3) is 4.33. The van der Waals surface area contributed by atoms with Crippen LogP contribution in [0.5, 0.6) is 0 Å². The molecule has 1 atom stereocenters. The first-order valence-electron chi connectivity index (χ1n) is 7.31. The lowest BCUT2D eigenvalue weighted by atomic mass is 10.2. The molecule has 0 aromatic heterocycles. The van der Waals surface area contributed by atoms with Crippen molar-refractivity contribution >= 4 is 34.9 Å². The van der Waals surface area contributed by atoms with Gasteiger partial charge in [0.25, 0.3) is 11.6 Å². The number of carbonyl (C=O) groups is 2. The van der Waals surface area contributed by atoms with E-state index in [1.54, 1.807) is 25.1 Å². The average Bonchev–Trinajstić information content (AvgIpc) is 2.58. The Morgan fingerprint density at radius 1 is 1.20 bits per heavy atom. The van der Waals surface area contributed by atoms with Crippen LogP contribution < -0.4 is 5.32 Å². The van der Waals surface area contributed by atoms with Gasteiger partial charge in [0.2, 0.25) is 0 Å². The standard InChI is InChI=1S/C17H15ClN2O5/c1-10-13(18)7-5-8-14(10)19-16(21)11(2)25-17(22)12-6-3-4-9-15(12)20(23)24/h3-9,11H,1-2H3,(H,19,21). The molecule has 0 aliphatic carbocycles. The van der Waals surface area contributed by atoms with Crippen LogP contribution in [0, 0.1) is 17.0 Å². The van der Waals surface area contributed by atoms with Crippen molar-refractivity contribution in [3.63, 3.8) is 0 Å². The van der Waals surface area contributed by atoms with Gasteiger partial charge in [0.1, 0.15) is 5.56 Å². The summed E-state index contributed by atoms with van der Waals surface area (Å²) in [5, 5.41) is 14.1. The summed E-state index contributed by atoms with van der Waals surface area (Å²) in [4.78, 5) is 34.6. The molecule has 0 fully saturated rings. The van der Waals surface area contributed by atoms with E-state index in [1.807, 2.05) is 0 Å². The van der Waals surface area contributed by atoms with Crippen LogP contribution in [0.4, 0.5) is 11.4 Å². The maximum Gasteiger partial charge on any atom is 0.345 e. The number of carbonyl (C=O) groups excluding carboxylic acids is 2. The number of nitrogens with zero attached hydrogens (tertiary/aromatic N) is 1. The molecule has 2 aromatic rings. The van der Waals surface area contributed by atoms with E-state index in [9.17, 15) is 19.7 Å². The van der Waals surface area contributed by atoms with E-state index in [0.717, 1.165) is 0 Å². The van der Waals surface area contributed by atoms with Crippen molar-refractivity contribution in [2.24, 2.45) is 0 Å². The number of ether oxygens (including phenoxy) is 1. The second kappa shape index (κ2) is 7.76. The van der Waals surface area contributed by atoms with E-state index in [4.69, 9.17) is 16.3 Å². The van der Waals surface area contributed by atoms with Gasteiger partial charge in [-0.25, -0.2) is 4.79 Å². The maximum atomic E-state index is 12.2. The molecule has 0 aliphatic rings. The van der Waals surface area contributed by atoms with Crippen molar-refractivity contribution in [1.82, 2.24) is 0 Å². The summed E-state index contributed by atoms with van der Waals surface area (Å²) < 4.78 is 5.04. The molecule has 2 aromatic carbocycles. The van der Waals surface area contributed by atoms with E-state index < -0.39 is 22.9 Å². The smallest absolute Gasteiger partial charge is 0.345 e. The number of nitro groups is 1. The number of anilines is 1. The zero-order valence-corrected chi connectivity index (χ0v) is 14.2. The van der Waals surface area contributed by atoms with Crippen LogP contribution in [0.1, 0.15) is 22.8 Å². The Morgan fingerprint density at radius 3 is 2.56 bits per heavy atom. The largest absolute Gasteiger partial charge is 0.449 e. The molecule has 0 saturated carbocycles. The number of rotatable bonds is 5. The Labute approximate surface area is 148 Å². The first kappa shape index (κ1) is 18.4. The predicted octanol–water partition coefficient (Wildman–Crippen LogP) is 3.74. The molecule has 0 spiro atoms. The lowest BCUT2D eigenvalue weighted by Gasteiger charge is -2.15. The highest BCUT2D eigenvalue weighted by Gasteiger charge is 2.25. The van der Waals surface area contributed by atoms with Crippen LogP contribution in [0.3, 0.4) is 0 Å². The Bertz CT molecular complexity index is 838. The van der Waals surface area contributed by atoms with Gasteiger partial charge >= 0.3 is 5.97 Å². The topological polar surface area (TPSA) is 98.5 Å². The van der Waals surface area contributed by atoms with Gasteiger partial charge < -0.3 is 10.1 Å². The Hall–Kier alpha value is -2.93. The van der Waals surface area contributed by atoms with Crippen molar-refractivity contribution in [3.8, 4) is 0 Å². The normalized spacial score (nSPS) is 11.5. The zero-order valence-electron chi connectivity index (χ0n) is 13.5. The number of benzene rings is 2. The summed E-state index contributed by atoms with van der Waals surface area (Å²) in [5.41, 5.74) is 0.567. The first-order valence-corrected chi connectivity index (χ1v) is 7.69. The Kier molecular flexibility index (Phi) is 5.71. The van der Waals surface area contributed by atoms with Crippen molar-refractivity contribution in [2.45, 2.75) is 20.0 Å². The average molecular weight is 363 g/mol. The first-order chi connectivity index (χ1) is 11.8. The molecular weight excluding hydrogens is 348 g/mol. The van der Waals surface area contributed by atoms with Crippen LogP contribution in [0.15, 0.2) is 42.5 Å². The number of amides is 1. The van der Waals surface area contributed by atoms with E-state index in [0.29, 0.717) is 16.3 Å². The van der Waals surface area contributed by atoms with Gasteiger partial charge in [-0.3, -0.25) is 14.9 Å². The molecule has 25 heavy (non-hydrogen) atoms. The highest BCUT2D eigenvalue weighted by molar-refractivity contribution is 6.31. The van der Waals surface area contributed by atoms with E-state index in [-0.39, 0.29) is 11.3 Å². The SMILES string of the molecule is Cc1c(Cl)cccc1NC(=O)C(C)OC(=O)c1ccccc1[N+](=O)[O-]. The molecule has 1 unspecified atom stereocenters. The maximum absolute atomic E-state index is 12.2. The highest BCUT2D eigenvalue weighted by Crippen LogP contribution is 2.23. The summed E-state index contributed by atoms with van der Waals surface area (Å²) in [7, 11) is 0. The molecule has 0 bridgehead atoms. The van der Waals surface area contributed by atoms with Crippen molar-refractivity contribution in [2.75, 3.05) is 5.32 Å².